The van der Waals surface area contributed by atoms with Gasteiger partial charge >= 0.3 is 12.2 Å². The van der Waals surface area contributed by atoms with Gasteiger partial charge in [-0.3, -0.25) is 4.57 Å². The fourth-order valence-electron chi connectivity index (χ4n) is 2.83. The third-order valence-electron chi connectivity index (χ3n) is 4.21. The van der Waals surface area contributed by atoms with Crippen molar-refractivity contribution in [2.45, 2.75) is 32.0 Å². The summed E-state index contributed by atoms with van der Waals surface area (Å²) in [5, 5.41) is 0. The highest BCUT2D eigenvalue weighted by Gasteiger charge is 2.32. The predicted octanol–water partition coefficient (Wildman–Crippen LogP) is 3.31. The van der Waals surface area contributed by atoms with Crippen molar-refractivity contribution in [1.82, 2.24) is 9.47 Å². The molecule has 2 N–H and O–H groups in total. The Kier molecular flexibility index (Phi) is 4.70. The Morgan fingerprint density at radius 3 is 2.50 bits per heavy atom. The molecule has 1 aliphatic rings. The van der Waals surface area contributed by atoms with Crippen molar-refractivity contribution in [2.75, 3.05) is 13.1 Å². The number of aromatic nitrogens is 1. The molecular weight excluding hydrogens is 365 g/mol. The summed E-state index contributed by atoms with van der Waals surface area (Å²) in [4.78, 5) is 19.5. The zero-order valence-electron chi connectivity index (χ0n) is 14.4. The molecule has 1 aromatic heterocycles. The second-order valence-corrected chi connectivity index (χ2v) is 7.97. The van der Waals surface area contributed by atoms with Gasteiger partial charge < -0.3 is 10.6 Å². The van der Waals surface area contributed by atoms with Crippen LogP contribution < -0.4 is 10.5 Å². The van der Waals surface area contributed by atoms with Crippen LogP contribution in [0.4, 0.5) is 18.0 Å². The number of carbonyl (C=O) groups excluding carboxylic acids is 1. The van der Waals surface area contributed by atoms with Gasteiger partial charge in [0, 0.05) is 35.4 Å². The molecule has 2 amide bonds. The first-order valence-corrected chi connectivity index (χ1v) is 8.86. The molecule has 3 rings (SSSR count). The number of thiazole rings is 1. The van der Waals surface area contributed by atoms with E-state index in [1.54, 1.807) is 15.7 Å². The Bertz CT molecular complexity index is 881. The molecule has 26 heavy (non-hydrogen) atoms. The molecule has 1 atom stereocenters. The number of hydrogen-bond acceptors (Lipinski definition) is 3. The summed E-state index contributed by atoms with van der Waals surface area (Å²) >= 11 is 1.30. The molecule has 0 bridgehead atoms. The van der Waals surface area contributed by atoms with Gasteiger partial charge in [-0.25, -0.2) is 4.79 Å². The summed E-state index contributed by atoms with van der Waals surface area (Å²) in [7, 11) is 0. The maximum Gasteiger partial charge on any atom is 0.416 e. The SMILES string of the molecule is Cc1cn(-c2ccc(C(F)(F)F)cc2)c(=NC(=O)N2CC[C@@](C)(N)C2)s1. The van der Waals surface area contributed by atoms with Gasteiger partial charge in [0.05, 0.1) is 5.56 Å². The second-order valence-electron chi connectivity index (χ2n) is 6.76. The Hall–Kier alpha value is -2.13. The summed E-state index contributed by atoms with van der Waals surface area (Å²) in [6.45, 7) is 4.71. The van der Waals surface area contributed by atoms with Gasteiger partial charge in [-0.1, -0.05) is 0 Å². The number of aryl methyl sites for hydroxylation is 1. The topological polar surface area (TPSA) is 63.6 Å². The Labute approximate surface area is 152 Å². The van der Waals surface area contributed by atoms with Crippen LogP contribution in [0.15, 0.2) is 35.5 Å². The number of alkyl halides is 3. The molecule has 140 valence electrons. The zero-order valence-corrected chi connectivity index (χ0v) is 15.2. The van der Waals surface area contributed by atoms with Crippen molar-refractivity contribution < 1.29 is 18.0 Å². The highest BCUT2D eigenvalue weighted by atomic mass is 32.1. The quantitative estimate of drug-likeness (QED) is 0.820. The van der Waals surface area contributed by atoms with E-state index in [9.17, 15) is 18.0 Å². The third-order valence-corrected chi connectivity index (χ3v) is 5.11. The molecule has 0 radical (unpaired) electrons. The van der Waals surface area contributed by atoms with Crippen LogP contribution in [0.1, 0.15) is 23.8 Å². The van der Waals surface area contributed by atoms with Crippen molar-refractivity contribution in [3.8, 4) is 5.69 Å². The molecule has 2 heterocycles. The standard InChI is InChI=1S/C17H19F3N4OS/c1-11-9-24(13-5-3-12(4-6-13)17(18,19)20)15(26-11)22-14(25)23-8-7-16(2,21)10-23/h3-6,9H,7-8,10,21H2,1-2H3/t16-/m1/s1. The van der Waals surface area contributed by atoms with Crippen LogP contribution in [0, 0.1) is 6.92 Å². The number of likely N-dealkylation sites (tertiary alicyclic amines) is 1. The van der Waals surface area contributed by atoms with E-state index in [2.05, 4.69) is 4.99 Å². The van der Waals surface area contributed by atoms with Gasteiger partial charge in [0.2, 0.25) is 0 Å². The summed E-state index contributed by atoms with van der Waals surface area (Å²) in [6.07, 6.45) is -1.94. The van der Waals surface area contributed by atoms with E-state index in [1.165, 1.54) is 23.5 Å². The molecule has 1 aromatic carbocycles. The number of carbonyl (C=O) groups is 1. The van der Waals surface area contributed by atoms with E-state index in [0.29, 0.717) is 30.0 Å². The molecule has 2 aromatic rings. The van der Waals surface area contributed by atoms with E-state index >= 15 is 0 Å². The average molecular weight is 384 g/mol. The summed E-state index contributed by atoms with van der Waals surface area (Å²) < 4.78 is 39.8. The number of rotatable bonds is 1. The molecule has 1 fully saturated rings. The van der Waals surface area contributed by atoms with Crippen molar-refractivity contribution in [3.63, 3.8) is 0 Å². The average Bonchev–Trinajstić information content (AvgIpc) is 3.09. The van der Waals surface area contributed by atoms with Crippen LogP contribution in [0.5, 0.6) is 0 Å². The maximum atomic E-state index is 12.7. The zero-order chi connectivity index (χ0) is 19.1. The fourth-order valence-corrected chi connectivity index (χ4v) is 3.66. The Morgan fingerprint density at radius 2 is 1.96 bits per heavy atom. The van der Waals surface area contributed by atoms with Crippen LogP contribution in [0.2, 0.25) is 0 Å². The van der Waals surface area contributed by atoms with Crippen LogP contribution in [0.25, 0.3) is 5.69 Å². The smallest absolute Gasteiger partial charge is 0.324 e. The van der Waals surface area contributed by atoms with Crippen molar-refractivity contribution in [2.24, 2.45) is 10.7 Å². The molecular formula is C17H19F3N4OS. The highest BCUT2D eigenvalue weighted by molar-refractivity contribution is 7.09. The summed E-state index contributed by atoms with van der Waals surface area (Å²) in [5.41, 5.74) is 5.42. The van der Waals surface area contributed by atoms with Crippen molar-refractivity contribution >= 4 is 17.4 Å². The fraction of sp³-hybridized carbons (Fsp3) is 0.412. The molecule has 9 heteroatoms. The van der Waals surface area contributed by atoms with E-state index in [1.807, 2.05) is 13.8 Å². The number of hydrogen-bond donors (Lipinski definition) is 1. The predicted molar refractivity (Wildman–Crippen MR) is 93.1 cm³/mol. The van der Waals surface area contributed by atoms with Gasteiger partial charge in [0.25, 0.3) is 0 Å². The Morgan fingerprint density at radius 1 is 1.31 bits per heavy atom. The monoisotopic (exact) mass is 384 g/mol. The van der Waals surface area contributed by atoms with Crippen LogP contribution >= 0.6 is 11.3 Å². The molecule has 0 unspecified atom stereocenters. The lowest BCUT2D eigenvalue weighted by Crippen LogP contribution is -2.40. The largest absolute Gasteiger partial charge is 0.416 e. The summed E-state index contributed by atoms with van der Waals surface area (Å²) in [5.74, 6) is 0. The van der Waals surface area contributed by atoms with Crippen LogP contribution in [-0.2, 0) is 6.18 Å². The third kappa shape index (κ3) is 3.99. The molecule has 0 aliphatic carbocycles. The molecule has 5 nitrogen and oxygen atoms in total. The minimum Gasteiger partial charge on any atom is -0.324 e. The molecule has 0 spiro atoms. The van der Waals surface area contributed by atoms with Crippen molar-refractivity contribution in [3.05, 3.63) is 45.7 Å². The van der Waals surface area contributed by atoms with Gasteiger partial charge in [-0.15, -0.1) is 11.3 Å². The molecule has 0 saturated carbocycles. The molecule has 1 saturated heterocycles. The highest BCUT2D eigenvalue weighted by Crippen LogP contribution is 2.29. The molecule has 1 aliphatic heterocycles. The van der Waals surface area contributed by atoms with Crippen LogP contribution in [0.3, 0.4) is 0 Å². The number of benzene rings is 1. The lowest BCUT2D eigenvalue weighted by atomic mass is 10.0. The van der Waals surface area contributed by atoms with Crippen LogP contribution in [-0.4, -0.2) is 34.1 Å². The minimum atomic E-state index is -4.39. The number of nitrogens with two attached hydrogens (primary N) is 1. The number of halogens is 3. The first kappa shape index (κ1) is 18.7. The first-order chi connectivity index (χ1) is 12.0. The normalized spacial score (nSPS) is 21.5. The van der Waals surface area contributed by atoms with Gasteiger partial charge in [0.1, 0.15) is 0 Å². The van der Waals surface area contributed by atoms with E-state index in [0.717, 1.165) is 17.0 Å². The van der Waals surface area contributed by atoms with Gasteiger partial charge in [0.15, 0.2) is 4.80 Å². The second kappa shape index (κ2) is 6.55. The van der Waals surface area contributed by atoms with E-state index in [4.69, 9.17) is 5.73 Å². The van der Waals surface area contributed by atoms with Gasteiger partial charge in [-0.2, -0.15) is 18.2 Å². The van der Waals surface area contributed by atoms with E-state index in [-0.39, 0.29) is 6.03 Å². The number of nitrogens with zero attached hydrogens (tertiary/aromatic N) is 3. The van der Waals surface area contributed by atoms with E-state index < -0.39 is 17.3 Å². The summed E-state index contributed by atoms with van der Waals surface area (Å²) in [6, 6.07) is 4.38. The number of amides is 2. The first-order valence-electron chi connectivity index (χ1n) is 8.04. The van der Waals surface area contributed by atoms with Gasteiger partial charge in [-0.05, 0) is 44.5 Å². The number of urea groups is 1. The lowest BCUT2D eigenvalue weighted by Gasteiger charge is -2.17. The lowest BCUT2D eigenvalue weighted by molar-refractivity contribution is -0.137. The van der Waals surface area contributed by atoms with Crippen molar-refractivity contribution in [1.29, 1.82) is 0 Å². The Balaban J connectivity index is 1.92. The minimum absolute atomic E-state index is 0.387. The maximum absolute atomic E-state index is 12.7.